The quantitative estimate of drug-likeness (QED) is 0.428. The number of ether oxygens (including phenoxy) is 2. The summed E-state index contributed by atoms with van der Waals surface area (Å²) in [5.74, 6) is 1.27. The molecule has 0 unspecified atom stereocenters. The zero-order valence-electron chi connectivity index (χ0n) is 21.9. The maximum atomic E-state index is 14.5. The second-order valence-electron chi connectivity index (χ2n) is 10.1. The smallest absolute Gasteiger partial charge is 0.239 e. The molecule has 1 saturated carbocycles. The lowest BCUT2D eigenvalue weighted by Crippen LogP contribution is -2.49. The number of rotatable bonds is 7. The number of carbonyl (C=O) groups excluding carboxylic acids is 1. The molecule has 1 aliphatic carbocycles. The third-order valence-electron chi connectivity index (χ3n) is 7.55. The van der Waals surface area contributed by atoms with Crippen LogP contribution in [0.1, 0.15) is 38.5 Å². The van der Waals surface area contributed by atoms with Crippen molar-refractivity contribution in [3.05, 3.63) is 47.5 Å². The highest BCUT2D eigenvalue weighted by molar-refractivity contribution is 6.31. The minimum atomic E-state index is -0.546. The van der Waals surface area contributed by atoms with Gasteiger partial charge in [0, 0.05) is 31.6 Å². The molecule has 38 heavy (non-hydrogen) atoms. The van der Waals surface area contributed by atoms with Gasteiger partial charge in [0.05, 0.1) is 35.5 Å². The standard InChI is InChI=1S/C28H33ClFN5O3/c1-34(2)28(36)23-8-5-13-35(23)17-9-11-18(12-10-17)38-25-14-19-22(15-24(25)37-3)31-16-32-27(19)33-21-7-4-6-20(29)26(21)30/h4,6-7,14-18,23H,5,8-13H2,1-3H3,(H,31,32,33)/t17?,18?,23-/m0/s1. The maximum Gasteiger partial charge on any atom is 0.239 e. The van der Waals surface area contributed by atoms with Crippen molar-refractivity contribution < 1.29 is 18.7 Å². The molecule has 3 aromatic rings. The molecule has 1 amide bonds. The fourth-order valence-corrected chi connectivity index (χ4v) is 5.78. The number of amides is 1. The van der Waals surface area contributed by atoms with Crippen LogP contribution in [0.15, 0.2) is 36.7 Å². The van der Waals surface area contributed by atoms with E-state index in [2.05, 4.69) is 20.2 Å². The van der Waals surface area contributed by atoms with E-state index in [0.29, 0.717) is 34.3 Å². The average Bonchev–Trinajstić information content (AvgIpc) is 3.41. The topological polar surface area (TPSA) is 79.8 Å². The highest BCUT2D eigenvalue weighted by Gasteiger charge is 2.38. The molecule has 10 heteroatoms. The van der Waals surface area contributed by atoms with Gasteiger partial charge in [-0.3, -0.25) is 9.69 Å². The molecule has 2 aliphatic rings. The molecular weight excluding hydrogens is 509 g/mol. The van der Waals surface area contributed by atoms with Gasteiger partial charge in [0.2, 0.25) is 5.91 Å². The summed E-state index contributed by atoms with van der Waals surface area (Å²) in [6.45, 7) is 0.974. The minimum absolute atomic E-state index is 0.0108. The summed E-state index contributed by atoms with van der Waals surface area (Å²) in [6, 6.07) is 8.80. The summed E-state index contributed by atoms with van der Waals surface area (Å²) >= 11 is 5.95. The normalized spacial score (nSPS) is 21.9. The van der Waals surface area contributed by atoms with Gasteiger partial charge in [0.15, 0.2) is 17.3 Å². The zero-order valence-corrected chi connectivity index (χ0v) is 22.7. The van der Waals surface area contributed by atoms with Crippen molar-refractivity contribution in [3.63, 3.8) is 0 Å². The Morgan fingerprint density at radius 2 is 1.92 bits per heavy atom. The van der Waals surface area contributed by atoms with Crippen LogP contribution >= 0.6 is 11.6 Å². The van der Waals surface area contributed by atoms with Crippen LogP contribution < -0.4 is 14.8 Å². The number of carbonyl (C=O) groups is 1. The molecule has 0 bridgehead atoms. The second-order valence-corrected chi connectivity index (χ2v) is 10.6. The minimum Gasteiger partial charge on any atom is -0.493 e. The predicted octanol–water partition coefficient (Wildman–Crippen LogP) is 5.42. The SMILES string of the molecule is COc1cc2ncnc(Nc3cccc(Cl)c3F)c2cc1OC1CCC(N2CCC[C@H]2C(=O)N(C)C)CC1. The Morgan fingerprint density at radius 1 is 1.13 bits per heavy atom. The van der Waals surface area contributed by atoms with Gasteiger partial charge in [-0.25, -0.2) is 14.4 Å². The number of aromatic nitrogens is 2. The molecule has 1 N–H and O–H groups in total. The van der Waals surface area contributed by atoms with Crippen LogP contribution in [0.3, 0.4) is 0 Å². The third-order valence-corrected chi connectivity index (χ3v) is 7.84. The lowest BCUT2D eigenvalue weighted by molar-refractivity contribution is -0.134. The predicted molar refractivity (Wildman–Crippen MR) is 146 cm³/mol. The van der Waals surface area contributed by atoms with Gasteiger partial charge in [0.25, 0.3) is 0 Å². The average molecular weight is 542 g/mol. The first-order valence-electron chi connectivity index (χ1n) is 13.0. The van der Waals surface area contributed by atoms with Crippen molar-refractivity contribution in [2.45, 2.75) is 56.7 Å². The van der Waals surface area contributed by atoms with Crippen LogP contribution in [0.4, 0.5) is 15.9 Å². The van der Waals surface area contributed by atoms with Crippen molar-refractivity contribution in [2.75, 3.05) is 33.1 Å². The summed E-state index contributed by atoms with van der Waals surface area (Å²) in [7, 11) is 5.26. The summed E-state index contributed by atoms with van der Waals surface area (Å²) in [5.41, 5.74) is 0.866. The van der Waals surface area contributed by atoms with E-state index in [9.17, 15) is 9.18 Å². The van der Waals surface area contributed by atoms with Gasteiger partial charge in [-0.2, -0.15) is 0 Å². The Bertz CT molecular complexity index is 1320. The molecule has 1 atom stereocenters. The van der Waals surface area contributed by atoms with Gasteiger partial charge < -0.3 is 19.7 Å². The van der Waals surface area contributed by atoms with Crippen LogP contribution in [0.5, 0.6) is 11.5 Å². The molecule has 1 saturated heterocycles. The highest BCUT2D eigenvalue weighted by Crippen LogP contribution is 2.38. The molecule has 0 spiro atoms. The Morgan fingerprint density at radius 3 is 2.66 bits per heavy atom. The fraction of sp³-hybridized carbons (Fsp3) is 0.464. The van der Waals surface area contributed by atoms with E-state index >= 15 is 0 Å². The van der Waals surface area contributed by atoms with Crippen molar-refractivity contribution >= 4 is 39.9 Å². The van der Waals surface area contributed by atoms with Crippen LogP contribution in [0, 0.1) is 5.82 Å². The van der Waals surface area contributed by atoms with Gasteiger partial charge in [-0.1, -0.05) is 17.7 Å². The molecule has 8 nitrogen and oxygen atoms in total. The largest absolute Gasteiger partial charge is 0.493 e. The number of benzene rings is 2. The van der Waals surface area contributed by atoms with E-state index in [-0.39, 0.29) is 28.8 Å². The van der Waals surface area contributed by atoms with Gasteiger partial charge in [-0.05, 0) is 63.3 Å². The molecule has 202 valence electrons. The second kappa shape index (κ2) is 11.3. The molecule has 1 aromatic heterocycles. The Kier molecular flexibility index (Phi) is 7.85. The summed E-state index contributed by atoms with van der Waals surface area (Å²) in [6.07, 6.45) is 7.15. The maximum absolute atomic E-state index is 14.5. The van der Waals surface area contributed by atoms with Crippen LogP contribution in [0.25, 0.3) is 10.9 Å². The number of likely N-dealkylation sites (N-methyl/N-ethyl adjacent to an activating group) is 1. The Balaban J connectivity index is 1.32. The molecule has 2 fully saturated rings. The number of methoxy groups -OCH3 is 1. The lowest BCUT2D eigenvalue weighted by atomic mass is 9.91. The number of nitrogens with one attached hydrogen (secondary N) is 1. The Hall–Kier alpha value is -3.17. The third kappa shape index (κ3) is 5.35. The number of halogens is 2. The number of anilines is 2. The molecular formula is C28H33ClFN5O3. The molecule has 0 radical (unpaired) electrons. The highest BCUT2D eigenvalue weighted by atomic mass is 35.5. The van der Waals surface area contributed by atoms with E-state index in [0.717, 1.165) is 45.1 Å². The number of hydrogen-bond donors (Lipinski definition) is 1. The van der Waals surface area contributed by atoms with Crippen molar-refractivity contribution in [2.24, 2.45) is 0 Å². The van der Waals surface area contributed by atoms with E-state index in [1.165, 1.54) is 12.4 Å². The zero-order chi connectivity index (χ0) is 26.8. The van der Waals surface area contributed by atoms with Crippen molar-refractivity contribution in [1.29, 1.82) is 0 Å². The summed E-state index contributed by atoms with van der Waals surface area (Å²) in [4.78, 5) is 25.5. The van der Waals surface area contributed by atoms with E-state index in [1.807, 2.05) is 20.2 Å². The number of hydrogen-bond acceptors (Lipinski definition) is 7. The Labute approximate surface area is 227 Å². The van der Waals surface area contributed by atoms with Crippen LogP contribution in [-0.4, -0.2) is 71.6 Å². The van der Waals surface area contributed by atoms with Gasteiger partial charge in [-0.15, -0.1) is 0 Å². The lowest BCUT2D eigenvalue weighted by Gasteiger charge is -2.38. The van der Waals surface area contributed by atoms with Gasteiger partial charge in [0.1, 0.15) is 12.1 Å². The fourth-order valence-electron chi connectivity index (χ4n) is 5.61. The summed E-state index contributed by atoms with van der Waals surface area (Å²) < 4.78 is 26.6. The molecule has 2 aromatic carbocycles. The number of fused-ring (bicyclic) bond motifs is 1. The monoisotopic (exact) mass is 541 g/mol. The number of likely N-dealkylation sites (tertiary alicyclic amines) is 1. The first-order valence-corrected chi connectivity index (χ1v) is 13.4. The molecule has 5 rings (SSSR count). The molecule has 2 heterocycles. The number of nitrogens with zero attached hydrogens (tertiary/aromatic N) is 4. The van der Waals surface area contributed by atoms with Crippen molar-refractivity contribution in [1.82, 2.24) is 19.8 Å². The first-order chi connectivity index (χ1) is 18.4. The van der Waals surface area contributed by atoms with Gasteiger partial charge >= 0.3 is 0 Å². The summed E-state index contributed by atoms with van der Waals surface area (Å²) in [5, 5.41) is 3.75. The van der Waals surface area contributed by atoms with Crippen LogP contribution in [-0.2, 0) is 4.79 Å². The van der Waals surface area contributed by atoms with E-state index in [4.69, 9.17) is 21.1 Å². The van der Waals surface area contributed by atoms with Crippen molar-refractivity contribution in [3.8, 4) is 11.5 Å². The van der Waals surface area contributed by atoms with E-state index < -0.39 is 5.82 Å². The first kappa shape index (κ1) is 26.4. The van der Waals surface area contributed by atoms with E-state index in [1.54, 1.807) is 30.2 Å². The van der Waals surface area contributed by atoms with Crippen LogP contribution in [0.2, 0.25) is 5.02 Å². The molecule has 1 aliphatic heterocycles.